The zero-order valence-electron chi connectivity index (χ0n) is 17.5. The summed E-state index contributed by atoms with van der Waals surface area (Å²) >= 11 is 2.37. The summed E-state index contributed by atoms with van der Waals surface area (Å²) in [5, 5.41) is 0. The minimum atomic E-state index is -0.506. The van der Waals surface area contributed by atoms with Crippen molar-refractivity contribution in [2.24, 2.45) is 0 Å². The summed E-state index contributed by atoms with van der Waals surface area (Å²) in [4.78, 5) is 22.5. The topological polar surface area (TPSA) is 58.2 Å². The number of carbonyl (C=O) groups is 1. The lowest BCUT2D eigenvalue weighted by Crippen LogP contribution is -2.36. The molecule has 1 aromatic heterocycles. The highest BCUT2D eigenvalue weighted by molar-refractivity contribution is 14.1. The first-order chi connectivity index (χ1) is 14.3. The summed E-state index contributed by atoms with van der Waals surface area (Å²) < 4.78 is 6.79. The van der Waals surface area contributed by atoms with Crippen LogP contribution in [0.5, 0.6) is 0 Å². The van der Waals surface area contributed by atoms with Gasteiger partial charge in [0, 0.05) is 15.7 Å². The van der Waals surface area contributed by atoms with E-state index in [1.165, 1.54) is 14.7 Å². The Hall–Kier alpha value is -2.35. The number of nitrogens with zero attached hydrogens (tertiary/aromatic N) is 2. The Morgan fingerprint density at radius 2 is 1.93 bits per heavy atom. The second kappa shape index (κ2) is 8.41. The van der Waals surface area contributed by atoms with E-state index >= 15 is 0 Å². The van der Waals surface area contributed by atoms with Crippen molar-refractivity contribution in [2.75, 3.05) is 6.54 Å². The fraction of sp³-hybridized carbons (Fsp3) is 0.333. The van der Waals surface area contributed by atoms with E-state index in [4.69, 9.17) is 4.74 Å². The normalized spacial score (nSPS) is 16.7. The van der Waals surface area contributed by atoms with Crippen molar-refractivity contribution >= 4 is 28.7 Å². The van der Waals surface area contributed by atoms with Crippen molar-refractivity contribution in [1.29, 1.82) is 0 Å². The third-order valence-electron chi connectivity index (χ3n) is 5.15. The molecule has 0 aliphatic carbocycles. The predicted octanol–water partition coefficient (Wildman–Crippen LogP) is 6.42. The number of likely N-dealkylation sites (tertiary alicyclic amines) is 1. The van der Waals surface area contributed by atoms with E-state index in [9.17, 15) is 4.79 Å². The molecule has 0 saturated carbocycles. The van der Waals surface area contributed by atoms with Crippen molar-refractivity contribution in [1.82, 2.24) is 14.9 Å². The molecule has 1 aliphatic heterocycles. The van der Waals surface area contributed by atoms with Crippen LogP contribution in [0.3, 0.4) is 0 Å². The summed E-state index contributed by atoms with van der Waals surface area (Å²) in [5.41, 5.74) is 3.91. The molecular weight excluding hydrogens is 489 g/mol. The van der Waals surface area contributed by atoms with Crippen molar-refractivity contribution in [2.45, 2.75) is 45.3 Å². The molecule has 3 aromatic rings. The summed E-state index contributed by atoms with van der Waals surface area (Å²) in [5.74, 6) is 0.813. The van der Waals surface area contributed by atoms with Crippen LogP contribution >= 0.6 is 22.6 Å². The molecule has 5 nitrogen and oxygen atoms in total. The van der Waals surface area contributed by atoms with Crippen LogP contribution in [0.1, 0.15) is 45.5 Å². The van der Waals surface area contributed by atoms with Gasteiger partial charge < -0.3 is 9.72 Å². The Labute approximate surface area is 191 Å². The summed E-state index contributed by atoms with van der Waals surface area (Å²) in [6, 6.07) is 16.7. The van der Waals surface area contributed by atoms with Crippen molar-refractivity contribution in [3.63, 3.8) is 0 Å². The molecule has 1 fully saturated rings. The molecule has 6 heteroatoms. The number of hydrogen-bond donors (Lipinski definition) is 1. The van der Waals surface area contributed by atoms with E-state index in [0.717, 1.165) is 29.9 Å². The Morgan fingerprint density at radius 1 is 1.17 bits per heavy atom. The number of aromatic nitrogens is 2. The lowest BCUT2D eigenvalue weighted by Gasteiger charge is -2.27. The van der Waals surface area contributed by atoms with Gasteiger partial charge in [-0.25, -0.2) is 9.78 Å². The van der Waals surface area contributed by atoms with Crippen LogP contribution in [-0.2, 0) is 4.74 Å². The first-order valence-corrected chi connectivity index (χ1v) is 11.3. The molecule has 2 aromatic carbocycles. The first kappa shape index (κ1) is 20.9. The Balaban J connectivity index is 1.59. The van der Waals surface area contributed by atoms with Crippen LogP contribution in [0, 0.1) is 3.57 Å². The molecular formula is C24H26IN3O2. The minimum absolute atomic E-state index is 0.0777. The molecule has 0 radical (unpaired) electrons. The number of imidazole rings is 1. The number of carbonyl (C=O) groups excluding carboxylic acids is 1. The Kier molecular flexibility index (Phi) is 5.86. The molecule has 1 N–H and O–H groups in total. The van der Waals surface area contributed by atoms with Gasteiger partial charge in [0.2, 0.25) is 0 Å². The Morgan fingerprint density at radius 3 is 2.67 bits per heavy atom. The molecule has 0 bridgehead atoms. The van der Waals surface area contributed by atoms with Gasteiger partial charge in [-0.1, -0.05) is 36.4 Å². The number of benzene rings is 2. The van der Waals surface area contributed by atoms with E-state index < -0.39 is 5.60 Å². The molecule has 30 heavy (non-hydrogen) atoms. The van der Waals surface area contributed by atoms with E-state index in [-0.39, 0.29) is 12.1 Å². The smallest absolute Gasteiger partial charge is 0.410 e. The standard InChI is InChI=1S/C24H26IN3O2/c1-24(2,3)30-23(29)28-13-7-10-21(28)22-26-15-20(27-22)17-11-12-19(25)18(14-17)16-8-5-4-6-9-16/h4-6,8-9,11-12,14-15,21H,7,10,13H2,1-3H3,(H,26,27)/t21-/m0/s1. The molecule has 1 saturated heterocycles. The highest BCUT2D eigenvalue weighted by Gasteiger charge is 2.34. The maximum atomic E-state index is 12.6. The van der Waals surface area contributed by atoms with Gasteiger partial charge in [-0.15, -0.1) is 0 Å². The summed E-state index contributed by atoms with van der Waals surface area (Å²) in [6.07, 6.45) is 3.41. The fourth-order valence-electron chi connectivity index (χ4n) is 3.77. The highest BCUT2D eigenvalue weighted by atomic mass is 127. The van der Waals surface area contributed by atoms with Crippen LogP contribution in [-0.4, -0.2) is 33.1 Å². The lowest BCUT2D eigenvalue weighted by molar-refractivity contribution is 0.0219. The van der Waals surface area contributed by atoms with E-state index in [0.29, 0.717) is 6.54 Å². The zero-order valence-corrected chi connectivity index (χ0v) is 19.6. The first-order valence-electron chi connectivity index (χ1n) is 10.2. The quantitative estimate of drug-likeness (QED) is 0.410. The van der Waals surface area contributed by atoms with Crippen molar-refractivity contribution in [3.05, 3.63) is 64.1 Å². The third kappa shape index (κ3) is 4.53. The van der Waals surface area contributed by atoms with Gasteiger partial charge in [0.1, 0.15) is 11.4 Å². The van der Waals surface area contributed by atoms with Gasteiger partial charge in [-0.3, -0.25) is 4.90 Å². The number of aromatic amines is 1. The monoisotopic (exact) mass is 515 g/mol. The van der Waals surface area contributed by atoms with Gasteiger partial charge >= 0.3 is 6.09 Å². The summed E-state index contributed by atoms with van der Waals surface area (Å²) in [6.45, 7) is 6.36. The van der Waals surface area contributed by atoms with Crippen LogP contribution in [0.15, 0.2) is 54.7 Å². The minimum Gasteiger partial charge on any atom is -0.444 e. The molecule has 2 heterocycles. The second-order valence-corrected chi connectivity index (χ2v) is 9.74. The third-order valence-corrected chi connectivity index (χ3v) is 6.09. The number of ether oxygens (including phenoxy) is 1. The van der Waals surface area contributed by atoms with Gasteiger partial charge in [0.15, 0.2) is 0 Å². The molecule has 1 amide bonds. The van der Waals surface area contributed by atoms with E-state index in [1.807, 2.05) is 33.0 Å². The molecule has 0 spiro atoms. The molecule has 0 unspecified atom stereocenters. The maximum Gasteiger partial charge on any atom is 0.410 e. The van der Waals surface area contributed by atoms with Gasteiger partial charge in [-0.2, -0.15) is 0 Å². The largest absolute Gasteiger partial charge is 0.444 e. The highest BCUT2D eigenvalue weighted by Crippen LogP contribution is 2.34. The number of halogens is 1. The SMILES string of the molecule is CC(C)(C)OC(=O)N1CCC[C@H]1c1ncc(-c2ccc(I)c(-c3ccccc3)c2)[nH]1. The number of hydrogen-bond acceptors (Lipinski definition) is 3. The number of amides is 1. The van der Waals surface area contributed by atoms with Crippen LogP contribution < -0.4 is 0 Å². The zero-order chi connectivity index (χ0) is 21.3. The van der Waals surface area contributed by atoms with Gasteiger partial charge in [-0.05, 0) is 79.5 Å². The molecule has 4 rings (SSSR count). The van der Waals surface area contributed by atoms with Gasteiger partial charge in [0.05, 0.1) is 17.9 Å². The maximum absolute atomic E-state index is 12.6. The average Bonchev–Trinajstić information content (AvgIpc) is 3.37. The van der Waals surface area contributed by atoms with Crippen LogP contribution in [0.2, 0.25) is 0 Å². The number of nitrogens with one attached hydrogen (secondary N) is 1. The van der Waals surface area contributed by atoms with Crippen LogP contribution in [0.4, 0.5) is 4.79 Å². The van der Waals surface area contributed by atoms with Crippen LogP contribution in [0.25, 0.3) is 22.4 Å². The van der Waals surface area contributed by atoms with Crippen molar-refractivity contribution < 1.29 is 9.53 Å². The Bertz CT molecular complexity index is 1040. The summed E-state index contributed by atoms with van der Waals surface area (Å²) in [7, 11) is 0. The number of H-pyrrole nitrogens is 1. The van der Waals surface area contributed by atoms with Gasteiger partial charge in [0.25, 0.3) is 0 Å². The molecule has 156 valence electrons. The molecule has 1 atom stereocenters. The average molecular weight is 515 g/mol. The number of rotatable bonds is 3. The van der Waals surface area contributed by atoms with E-state index in [1.54, 1.807) is 4.90 Å². The molecule has 1 aliphatic rings. The predicted molar refractivity (Wildman–Crippen MR) is 127 cm³/mol. The van der Waals surface area contributed by atoms with Crippen molar-refractivity contribution in [3.8, 4) is 22.4 Å². The lowest BCUT2D eigenvalue weighted by atomic mass is 10.0. The second-order valence-electron chi connectivity index (χ2n) is 8.57. The fourth-order valence-corrected chi connectivity index (χ4v) is 4.42. The van der Waals surface area contributed by atoms with E-state index in [2.05, 4.69) is 75.0 Å².